The van der Waals surface area contributed by atoms with Gasteiger partial charge < -0.3 is 10.4 Å². The smallest absolute Gasteiger partial charge is 0.305 e. The van der Waals surface area contributed by atoms with E-state index < -0.39 is 17.9 Å². The predicted molar refractivity (Wildman–Crippen MR) is 65.3 cm³/mol. The van der Waals surface area contributed by atoms with Gasteiger partial charge in [0.15, 0.2) is 0 Å². The number of hydrogen-bond donors (Lipinski definition) is 2. The van der Waals surface area contributed by atoms with Gasteiger partial charge in [-0.1, -0.05) is 12.1 Å². The molecular formula is C13H14FNO3. The Balaban J connectivity index is 2.52. The monoisotopic (exact) mass is 251 g/mol. The summed E-state index contributed by atoms with van der Waals surface area (Å²) in [7, 11) is 0. The third-order valence-electron chi connectivity index (χ3n) is 2.15. The summed E-state index contributed by atoms with van der Waals surface area (Å²) in [4.78, 5) is 21.8. The fraction of sp³-hybridized carbons (Fsp3) is 0.231. The second-order valence-corrected chi connectivity index (χ2v) is 3.90. The molecule has 5 heteroatoms. The highest BCUT2D eigenvalue weighted by molar-refractivity contribution is 5.92. The van der Waals surface area contributed by atoms with E-state index in [1.165, 1.54) is 24.3 Å². The molecule has 0 spiro atoms. The summed E-state index contributed by atoms with van der Waals surface area (Å²) in [6.07, 6.45) is 2.57. The maximum atomic E-state index is 12.8. The molecule has 1 aromatic carbocycles. The number of carbonyl (C=O) groups excluding carboxylic acids is 1. The minimum Gasteiger partial charge on any atom is -0.481 e. The van der Waals surface area contributed by atoms with Crippen LogP contribution in [0.3, 0.4) is 0 Å². The van der Waals surface area contributed by atoms with Gasteiger partial charge >= 0.3 is 5.97 Å². The molecule has 0 radical (unpaired) electrons. The predicted octanol–water partition coefficient (Wildman–Crippen LogP) is 1.82. The van der Waals surface area contributed by atoms with Crippen LogP contribution in [0.2, 0.25) is 0 Å². The first-order valence-electron chi connectivity index (χ1n) is 5.43. The van der Waals surface area contributed by atoms with Gasteiger partial charge in [-0.3, -0.25) is 9.59 Å². The van der Waals surface area contributed by atoms with Crippen molar-refractivity contribution in [2.45, 2.75) is 19.4 Å². The zero-order valence-corrected chi connectivity index (χ0v) is 9.89. The lowest BCUT2D eigenvalue weighted by Crippen LogP contribution is -2.32. The van der Waals surface area contributed by atoms with Crippen molar-refractivity contribution in [3.8, 4) is 0 Å². The number of halogens is 1. The summed E-state index contributed by atoms with van der Waals surface area (Å²) in [6, 6.07) is 5.36. The van der Waals surface area contributed by atoms with Gasteiger partial charge in [-0.25, -0.2) is 4.39 Å². The molecule has 4 nitrogen and oxygen atoms in total. The molecule has 0 bridgehead atoms. The second kappa shape index (κ2) is 6.54. The third kappa shape index (κ3) is 5.25. The van der Waals surface area contributed by atoms with Crippen molar-refractivity contribution in [1.29, 1.82) is 0 Å². The third-order valence-corrected chi connectivity index (χ3v) is 2.15. The fourth-order valence-electron chi connectivity index (χ4n) is 1.39. The number of nitrogens with one attached hydrogen (secondary N) is 1. The Hall–Kier alpha value is -2.17. The van der Waals surface area contributed by atoms with Crippen LogP contribution in [-0.2, 0) is 9.59 Å². The van der Waals surface area contributed by atoms with Crippen LogP contribution in [0.4, 0.5) is 4.39 Å². The van der Waals surface area contributed by atoms with Crippen LogP contribution < -0.4 is 5.32 Å². The Morgan fingerprint density at radius 2 is 2.22 bits per heavy atom. The molecule has 0 aliphatic rings. The van der Waals surface area contributed by atoms with Crippen molar-refractivity contribution in [1.82, 2.24) is 5.32 Å². The first-order valence-corrected chi connectivity index (χ1v) is 5.43. The van der Waals surface area contributed by atoms with Gasteiger partial charge in [0.05, 0.1) is 6.42 Å². The zero-order chi connectivity index (χ0) is 13.5. The van der Waals surface area contributed by atoms with Crippen LogP contribution in [0.25, 0.3) is 6.08 Å². The molecule has 0 aliphatic heterocycles. The number of carboxylic acids is 1. The molecule has 0 saturated heterocycles. The molecule has 0 fully saturated rings. The van der Waals surface area contributed by atoms with Crippen LogP contribution in [0, 0.1) is 5.82 Å². The Bertz CT molecular complexity index is 471. The molecular weight excluding hydrogens is 237 g/mol. The maximum Gasteiger partial charge on any atom is 0.305 e. The van der Waals surface area contributed by atoms with E-state index in [-0.39, 0.29) is 12.2 Å². The van der Waals surface area contributed by atoms with Crippen molar-refractivity contribution < 1.29 is 19.1 Å². The van der Waals surface area contributed by atoms with Crippen molar-refractivity contribution in [2.24, 2.45) is 0 Å². The molecule has 1 unspecified atom stereocenters. The molecule has 0 heterocycles. The van der Waals surface area contributed by atoms with Gasteiger partial charge in [-0.05, 0) is 30.7 Å². The van der Waals surface area contributed by atoms with E-state index in [2.05, 4.69) is 5.32 Å². The van der Waals surface area contributed by atoms with Crippen molar-refractivity contribution >= 4 is 18.0 Å². The topological polar surface area (TPSA) is 66.4 Å². The normalized spacial score (nSPS) is 12.3. The molecule has 0 saturated carbocycles. The number of aliphatic carboxylic acids is 1. The molecule has 2 N–H and O–H groups in total. The van der Waals surface area contributed by atoms with Crippen LogP contribution in [0.1, 0.15) is 18.9 Å². The average Bonchev–Trinajstić information content (AvgIpc) is 2.25. The average molecular weight is 251 g/mol. The lowest BCUT2D eigenvalue weighted by molar-refractivity contribution is -0.137. The Kier molecular flexibility index (Phi) is 5.05. The Morgan fingerprint density at radius 1 is 1.50 bits per heavy atom. The van der Waals surface area contributed by atoms with Crippen LogP contribution in [0.15, 0.2) is 30.3 Å². The molecule has 1 amide bonds. The van der Waals surface area contributed by atoms with E-state index in [0.29, 0.717) is 5.56 Å². The summed E-state index contributed by atoms with van der Waals surface area (Å²) in [5, 5.41) is 11.0. The molecule has 1 rings (SSSR count). The summed E-state index contributed by atoms with van der Waals surface area (Å²) in [5.74, 6) is -1.76. The number of carbonyl (C=O) groups is 2. The summed E-state index contributed by atoms with van der Waals surface area (Å²) in [6.45, 7) is 1.60. The zero-order valence-electron chi connectivity index (χ0n) is 9.89. The highest BCUT2D eigenvalue weighted by Crippen LogP contribution is 2.05. The number of rotatable bonds is 5. The van der Waals surface area contributed by atoms with Crippen molar-refractivity contribution in [3.63, 3.8) is 0 Å². The van der Waals surface area contributed by atoms with E-state index in [9.17, 15) is 14.0 Å². The first-order chi connectivity index (χ1) is 8.47. The standard InChI is InChI=1S/C13H14FNO3/c1-9(7-13(17)18)15-12(16)6-5-10-3-2-4-11(14)8-10/h2-6,8-9H,7H2,1H3,(H,15,16)(H,17,18)/b6-5+. The SMILES string of the molecule is CC(CC(=O)O)NC(=O)/C=C/c1cccc(F)c1. The Labute approximate surface area is 104 Å². The minimum absolute atomic E-state index is 0.139. The van der Waals surface area contributed by atoms with Gasteiger partial charge in [-0.2, -0.15) is 0 Å². The highest BCUT2D eigenvalue weighted by Gasteiger charge is 2.08. The number of amides is 1. The van der Waals surface area contributed by atoms with Gasteiger partial charge in [-0.15, -0.1) is 0 Å². The second-order valence-electron chi connectivity index (χ2n) is 3.90. The first kappa shape index (κ1) is 13.9. The molecule has 0 aromatic heterocycles. The molecule has 0 aliphatic carbocycles. The van der Waals surface area contributed by atoms with Gasteiger partial charge in [0.2, 0.25) is 5.91 Å². The van der Waals surface area contributed by atoms with E-state index in [1.54, 1.807) is 19.1 Å². The molecule has 18 heavy (non-hydrogen) atoms. The fourth-order valence-corrected chi connectivity index (χ4v) is 1.39. The molecule has 1 aromatic rings. The molecule has 96 valence electrons. The Morgan fingerprint density at radius 3 is 2.83 bits per heavy atom. The quantitative estimate of drug-likeness (QED) is 0.784. The summed E-state index contributed by atoms with van der Waals surface area (Å²) in [5.41, 5.74) is 0.566. The number of benzene rings is 1. The number of carboxylic acid groups (broad SMARTS) is 1. The van der Waals surface area contributed by atoms with Crippen molar-refractivity contribution in [2.75, 3.05) is 0 Å². The van der Waals surface area contributed by atoms with Crippen LogP contribution in [-0.4, -0.2) is 23.0 Å². The summed E-state index contributed by atoms with van der Waals surface area (Å²) < 4.78 is 12.8. The van der Waals surface area contributed by atoms with E-state index in [1.807, 2.05) is 0 Å². The van der Waals surface area contributed by atoms with Crippen LogP contribution >= 0.6 is 0 Å². The number of hydrogen-bond acceptors (Lipinski definition) is 2. The molecule has 1 atom stereocenters. The highest BCUT2D eigenvalue weighted by atomic mass is 19.1. The van der Waals surface area contributed by atoms with Gasteiger partial charge in [0.25, 0.3) is 0 Å². The van der Waals surface area contributed by atoms with E-state index in [0.717, 1.165) is 0 Å². The van der Waals surface area contributed by atoms with Gasteiger partial charge in [0, 0.05) is 12.1 Å². The largest absolute Gasteiger partial charge is 0.481 e. The lowest BCUT2D eigenvalue weighted by atomic mass is 10.2. The van der Waals surface area contributed by atoms with E-state index >= 15 is 0 Å². The van der Waals surface area contributed by atoms with E-state index in [4.69, 9.17) is 5.11 Å². The lowest BCUT2D eigenvalue weighted by Gasteiger charge is -2.08. The van der Waals surface area contributed by atoms with Gasteiger partial charge in [0.1, 0.15) is 5.82 Å². The van der Waals surface area contributed by atoms with Crippen LogP contribution in [0.5, 0.6) is 0 Å². The minimum atomic E-state index is -0.975. The summed E-state index contributed by atoms with van der Waals surface area (Å²) >= 11 is 0. The van der Waals surface area contributed by atoms with Crippen molar-refractivity contribution in [3.05, 3.63) is 41.7 Å². The maximum absolute atomic E-state index is 12.8.